The van der Waals surface area contributed by atoms with Gasteiger partial charge in [-0.3, -0.25) is 38.9 Å². The Labute approximate surface area is 419 Å². The third kappa shape index (κ3) is 11.5. The first kappa shape index (κ1) is 52.8. The van der Waals surface area contributed by atoms with Gasteiger partial charge in [-0.05, 0) is 132 Å². The van der Waals surface area contributed by atoms with Crippen LogP contribution in [0.25, 0.3) is 27.6 Å². The molecule has 382 valence electrons. The van der Waals surface area contributed by atoms with Crippen molar-refractivity contribution in [1.82, 2.24) is 35.0 Å². The summed E-state index contributed by atoms with van der Waals surface area (Å²) in [6, 6.07) is 8.48. The zero-order valence-electron chi connectivity index (χ0n) is 43.8. The Morgan fingerprint density at radius 1 is 1.04 bits per heavy atom. The number of phenolic OH excluding ortho intramolecular Hbond substituents is 1. The summed E-state index contributed by atoms with van der Waals surface area (Å²) in [6.45, 7) is 14.6. The molecule has 2 fully saturated rings. The lowest BCUT2D eigenvalue weighted by molar-refractivity contribution is -0.155. The van der Waals surface area contributed by atoms with E-state index in [4.69, 9.17) is 14.5 Å². The molecule has 5 atom stereocenters. The second-order valence-corrected chi connectivity index (χ2v) is 21.7. The molecule has 5 heterocycles. The van der Waals surface area contributed by atoms with E-state index in [1.165, 1.54) is 9.91 Å². The summed E-state index contributed by atoms with van der Waals surface area (Å²) >= 11 is 0. The molecular weight excluding hydrogens is 901 g/mol. The van der Waals surface area contributed by atoms with E-state index in [1.54, 1.807) is 31.2 Å². The van der Waals surface area contributed by atoms with Crippen LogP contribution in [0.1, 0.15) is 97.4 Å². The Bertz CT molecular complexity index is 2690. The predicted molar refractivity (Wildman–Crippen MR) is 275 cm³/mol. The maximum atomic E-state index is 14.8. The van der Waals surface area contributed by atoms with Crippen LogP contribution in [-0.4, -0.2) is 149 Å². The molecular formula is C55H74N8O8. The summed E-state index contributed by atoms with van der Waals surface area (Å²) in [4.78, 5) is 80.5. The Balaban J connectivity index is 1.24. The van der Waals surface area contributed by atoms with Crippen LogP contribution < -0.4 is 10.7 Å². The number of cyclic esters (lactones) is 1. The van der Waals surface area contributed by atoms with Gasteiger partial charge in [0.1, 0.15) is 23.9 Å². The van der Waals surface area contributed by atoms with Gasteiger partial charge in [0, 0.05) is 81.1 Å². The average molecular weight is 975 g/mol. The van der Waals surface area contributed by atoms with Crippen molar-refractivity contribution >= 4 is 52.3 Å². The molecule has 2 saturated heterocycles. The van der Waals surface area contributed by atoms with Crippen molar-refractivity contribution in [3.8, 4) is 28.7 Å². The first-order valence-corrected chi connectivity index (χ1v) is 25.0. The Kier molecular flexibility index (Phi) is 15.9. The highest BCUT2D eigenvalue weighted by molar-refractivity contribution is 5.97. The number of nitrogens with one attached hydrogen (secondary N) is 2. The molecule has 4 amide bonds. The monoisotopic (exact) mass is 975 g/mol. The fourth-order valence-electron chi connectivity index (χ4n) is 10.3. The van der Waals surface area contributed by atoms with Crippen molar-refractivity contribution in [3.63, 3.8) is 0 Å². The molecule has 3 aromatic rings. The third-order valence-electron chi connectivity index (χ3n) is 14.8. The quantitative estimate of drug-likeness (QED) is 0.184. The van der Waals surface area contributed by atoms with Gasteiger partial charge in [-0.1, -0.05) is 45.7 Å². The molecule has 6 bridgehead atoms. The summed E-state index contributed by atoms with van der Waals surface area (Å²) in [5.74, 6) is 2.74. The van der Waals surface area contributed by atoms with Crippen molar-refractivity contribution in [2.75, 3.05) is 54.5 Å². The van der Waals surface area contributed by atoms with E-state index >= 15 is 0 Å². The van der Waals surface area contributed by atoms with Gasteiger partial charge in [-0.15, -0.1) is 0 Å². The Morgan fingerprint density at radius 2 is 1.79 bits per heavy atom. The molecule has 16 heteroatoms. The van der Waals surface area contributed by atoms with E-state index in [0.29, 0.717) is 37.8 Å². The minimum Gasteiger partial charge on any atom is -0.508 e. The van der Waals surface area contributed by atoms with E-state index in [0.717, 1.165) is 57.4 Å². The number of aliphatic imine (C=N–C) groups is 1. The topological polar surface area (TPSA) is 178 Å². The van der Waals surface area contributed by atoms with Gasteiger partial charge in [0.2, 0.25) is 11.8 Å². The second-order valence-electron chi connectivity index (χ2n) is 21.7. The van der Waals surface area contributed by atoms with Gasteiger partial charge in [0.25, 0.3) is 11.8 Å². The summed E-state index contributed by atoms with van der Waals surface area (Å²) in [5, 5.41) is 16.8. The number of methoxy groups -OCH3 is 1. The number of aromatic hydroxyl groups is 1. The van der Waals surface area contributed by atoms with E-state index < -0.39 is 52.8 Å². The van der Waals surface area contributed by atoms with Crippen molar-refractivity contribution in [2.24, 2.45) is 29.3 Å². The number of aryl methyl sites for hydroxylation is 1. The molecule has 0 unspecified atom stereocenters. The lowest BCUT2D eigenvalue weighted by Crippen LogP contribution is -2.62. The molecule has 0 spiro atoms. The molecule has 0 aliphatic carbocycles. The number of carbonyl (C=O) groups is 5. The number of rotatable bonds is 9. The lowest BCUT2D eigenvalue weighted by atomic mass is 9.83. The number of ether oxygens (including phenoxy) is 2. The number of hydrogen-bond acceptors (Lipinski definition) is 11. The van der Waals surface area contributed by atoms with E-state index in [9.17, 15) is 29.1 Å². The molecule has 4 aliphatic heterocycles. The highest BCUT2D eigenvalue weighted by Crippen LogP contribution is 2.41. The SMILES string of the molecule is CO[C@@H](C)C1=C(c2c3c4cc(ccc4n2C)-c2cc(O)cc(c2)C[C@H](NC(=O)[C@H](C(C)C)N(C)C(=O)[C@H]2CCN(C(=O)C#CC(C)(C)N(C)C)C2)C(=O)N2CCC[C@H](N2)C(=O)OCC(C)(C)C3)CCC=N1. The van der Waals surface area contributed by atoms with Crippen LogP contribution in [0.15, 0.2) is 47.1 Å². The van der Waals surface area contributed by atoms with E-state index in [1.807, 2.05) is 72.0 Å². The lowest BCUT2D eigenvalue weighted by Gasteiger charge is -2.37. The van der Waals surface area contributed by atoms with Crippen molar-refractivity contribution in [3.05, 3.63) is 58.9 Å². The van der Waals surface area contributed by atoms with Crippen LogP contribution in [0.5, 0.6) is 5.75 Å². The maximum Gasteiger partial charge on any atom is 0.324 e. The fourth-order valence-corrected chi connectivity index (χ4v) is 10.3. The molecule has 71 heavy (non-hydrogen) atoms. The molecule has 4 aliphatic rings. The maximum absolute atomic E-state index is 14.8. The number of esters is 1. The van der Waals surface area contributed by atoms with Gasteiger partial charge in [0.15, 0.2) is 0 Å². The van der Waals surface area contributed by atoms with Crippen LogP contribution in [0.2, 0.25) is 0 Å². The summed E-state index contributed by atoms with van der Waals surface area (Å²) in [6.07, 6.45) is 5.18. The standard InChI is InChI=1S/C55H74N8O8/c1-33(2)48(61(11)51(67)37-20-24-62(31-37)46(65)19-21-55(6,7)59(8)9)50(66)57-44-27-35-25-38(28-39(64)26-35)36-17-18-45-41(29-36)42(49(60(45)10)40-15-13-22-56-47(40)34(3)70-12)30-54(4,5)32-71-53(69)43-16-14-23-63(58-43)52(44)68/h17-18,22,25-26,28-29,33-34,37,43-44,48,58,64H,13-16,20,23-24,27,30-32H2,1-12H3,(H,57,66)/t34-,37-,43-,44-,48-/m0/s1. The van der Waals surface area contributed by atoms with Crippen LogP contribution in [0, 0.1) is 29.1 Å². The van der Waals surface area contributed by atoms with Crippen LogP contribution in [0.4, 0.5) is 0 Å². The number of fused-ring (bicyclic) bond motifs is 6. The number of amides is 4. The first-order valence-electron chi connectivity index (χ1n) is 25.0. The Hall–Kier alpha value is -6.02. The van der Waals surface area contributed by atoms with E-state index in [-0.39, 0.29) is 55.7 Å². The number of carbonyl (C=O) groups excluding carboxylic acids is 5. The summed E-state index contributed by atoms with van der Waals surface area (Å²) in [5.41, 5.74) is 9.36. The number of allylic oxidation sites excluding steroid dienone is 1. The predicted octanol–water partition coefficient (Wildman–Crippen LogP) is 5.49. The van der Waals surface area contributed by atoms with Gasteiger partial charge in [0.05, 0.1) is 29.9 Å². The van der Waals surface area contributed by atoms with E-state index in [2.05, 4.69) is 60.2 Å². The average Bonchev–Trinajstić information content (AvgIpc) is 3.93. The molecule has 2 aromatic carbocycles. The number of nitrogens with zero attached hydrogens (tertiary/aromatic N) is 6. The van der Waals surface area contributed by atoms with Crippen molar-refractivity contribution in [1.29, 1.82) is 0 Å². The number of likely N-dealkylation sites (tertiary alicyclic amines) is 1. The molecule has 3 N–H and O–H groups in total. The molecule has 0 saturated carbocycles. The summed E-state index contributed by atoms with van der Waals surface area (Å²) in [7, 11) is 9.13. The highest BCUT2D eigenvalue weighted by atomic mass is 16.5. The van der Waals surface area contributed by atoms with Crippen LogP contribution >= 0.6 is 0 Å². The fraction of sp³-hybridized carbons (Fsp3) is 0.564. The number of hydrazine groups is 1. The Morgan fingerprint density at radius 3 is 2.49 bits per heavy atom. The smallest absolute Gasteiger partial charge is 0.324 e. The van der Waals surface area contributed by atoms with Crippen LogP contribution in [0.3, 0.4) is 0 Å². The number of aromatic nitrogens is 1. The number of likely N-dealkylation sites (N-methyl/N-ethyl adjacent to an activating group) is 1. The minimum absolute atomic E-state index is 0.0103. The summed E-state index contributed by atoms with van der Waals surface area (Å²) < 4.78 is 14.2. The number of benzene rings is 2. The highest BCUT2D eigenvalue weighted by Gasteiger charge is 2.40. The zero-order chi connectivity index (χ0) is 51.7. The zero-order valence-corrected chi connectivity index (χ0v) is 43.8. The molecule has 0 radical (unpaired) electrons. The molecule has 1 aromatic heterocycles. The largest absolute Gasteiger partial charge is 0.508 e. The third-order valence-corrected chi connectivity index (χ3v) is 14.8. The first-order chi connectivity index (χ1) is 33.5. The molecule has 16 nitrogen and oxygen atoms in total. The van der Waals surface area contributed by atoms with Gasteiger partial charge in [-0.25, -0.2) is 5.43 Å². The normalized spacial score (nSPS) is 21.7. The molecule has 7 rings (SSSR count). The van der Waals surface area contributed by atoms with Gasteiger partial charge in [-0.2, -0.15) is 0 Å². The van der Waals surface area contributed by atoms with Crippen molar-refractivity contribution in [2.45, 2.75) is 123 Å². The number of hydrogen-bond donors (Lipinski definition) is 3. The van der Waals surface area contributed by atoms with Gasteiger partial charge >= 0.3 is 5.97 Å². The number of phenols is 1. The van der Waals surface area contributed by atoms with Gasteiger partial charge < -0.3 is 34.3 Å². The van der Waals surface area contributed by atoms with Crippen LogP contribution in [-0.2, 0) is 53.3 Å². The second kappa shape index (κ2) is 21.4. The van der Waals surface area contributed by atoms with Crippen molar-refractivity contribution < 1.29 is 38.6 Å². The minimum atomic E-state index is -1.17.